The van der Waals surface area contributed by atoms with Crippen LogP contribution in [0.2, 0.25) is 0 Å². The molecule has 0 unspecified atom stereocenters. The second kappa shape index (κ2) is 9.54. The van der Waals surface area contributed by atoms with Crippen LogP contribution in [0.15, 0.2) is 114 Å². The fourth-order valence-electron chi connectivity index (χ4n) is 6.06. The van der Waals surface area contributed by atoms with E-state index in [-0.39, 0.29) is 0 Å². The molecule has 0 aliphatic rings. The third-order valence-corrected chi connectivity index (χ3v) is 7.92. The lowest BCUT2D eigenvalue weighted by atomic mass is 9.99. The molecule has 2 heteroatoms. The average molecular weight is 494 g/mol. The first-order valence-electron chi connectivity index (χ1n) is 13.8. The Kier molecular flexibility index (Phi) is 5.74. The van der Waals surface area contributed by atoms with Crippen LogP contribution >= 0.6 is 0 Å². The Labute approximate surface area is 223 Å². The number of rotatable bonds is 7. The number of para-hydroxylation sites is 1. The Morgan fingerprint density at radius 1 is 0.553 bits per heavy atom. The molecule has 0 saturated carbocycles. The van der Waals surface area contributed by atoms with Gasteiger partial charge in [-0.15, -0.1) is 0 Å². The summed E-state index contributed by atoms with van der Waals surface area (Å²) in [6.07, 6.45) is 5.04. The maximum atomic E-state index is 6.80. The molecule has 7 aromatic rings. The van der Waals surface area contributed by atoms with E-state index in [1.807, 2.05) is 0 Å². The Balaban J connectivity index is 1.41. The first kappa shape index (κ1) is 22.9. The van der Waals surface area contributed by atoms with Gasteiger partial charge in [0, 0.05) is 50.2 Å². The normalized spacial score (nSPS) is 11.8. The number of nitrogens with zero attached hydrogens (tertiary/aromatic N) is 1. The van der Waals surface area contributed by atoms with E-state index in [9.17, 15) is 0 Å². The fourth-order valence-corrected chi connectivity index (χ4v) is 6.06. The molecule has 186 valence electrons. The highest BCUT2D eigenvalue weighted by atomic mass is 16.3. The molecule has 38 heavy (non-hydrogen) atoms. The zero-order valence-electron chi connectivity index (χ0n) is 21.8. The summed E-state index contributed by atoms with van der Waals surface area (Å²) in [5.41, 5.74) is 4.87. The van der Waals surface area contributed by atoms with Crippen LogP contribution in [0.5, 0.6) is 0 Å². The van der Waals surface area contributed by atoms with Gasteiger partial charge in [0.15, 0.2) is 0 Å². The summed E-state index contributed by atoms with van der Waals surface area (Å²) in [4.78, 5) is 0. The average Bonchev–Trinajstić information content (AvgIpc) is 3.51. The van der Waals surface area contributed by atoms with Crippen molar-refractivity contribution in [3.05, 3.63) is 109 Å². The number of aryl methyl sites for hydroxylation is 1. The summed E-state index contributed by atoms with van der Waals surface area (Å²) in [6, 6.07) is 39.3. The third kappa shape index (κ3) is 3.71. The van der Waals surface area contributed by atoms with Crippen molar-refractivity contribution in [2.45, 2.75) is 39.2 Å². The minimum Gasteiger partial charge on any atom is -0.455 e. The van der Waals surface area contributed by atoms with Crippen LogP contribution in [-0.4, -0.2) is 4.57 Å². The number of furan rings is 1. The van der Waals surface area contributed by atoms with Crippen molar-refractivity contribution >= 4 is 43.4 Å². The number of benzene rings is 5. The topological polar surface area (TPSA) is 18.1 Å². The minimum absolute atomic E-state index is 0.935. The summed E-state index contributed by atoms with van der Waals surface area (Å²) in [6.45, 7) is 3.32. The van der Waals surface area contributed by atoms with Gasteiger partial charge in [0.25, 0.3) is 0 Å². The van der Waals surface area contributed by atoms with Gasteiger partial charge in [-0.1, -0.05) is 111 Å². The maximum absolute atomic E-state index is 6.80. The molecular formula is C36H31NO. The van der Waals surface area contributed by atoms with Gasteiger partial charge in [0.2, 0.25) is 0 Å². The monoisotopic (exact) mass is 493 g/mol. The van der Waals surface area contributed by atoms with Crippen LogP contribution in [0.25, 0.3) is 66.0 Å². The van der Waals surface area contributed by atoms with Crippen molar-refractivity contribution in [1.82, 2.24) is 4.57 Å². The van der Waals surface area contributed by atoms with Gasteiger partial charge in [0.05, 0.1) is 0 Å². The van der Waals surface area contributed by atoms with Crippen LogP contribution in [0.3, 0.4) is 0 Å². The van der Waals surface area contributed by atoms with Crippen LogP contribution in [0.1, 0.15) is 32.6 Å². The number of hydrogen-bond acceptors (Lipinski definition) is 1. The molecule has 7 rings (SSSR count). The van der Waals surface area contributed by atoms with Crippen LogP contribution < -0.4 is 0 Å². The summed E-state index contributed by atoms with van der Waals surface area (Å²) >= 11 is 0. The van der Waals surface area contributed by atoms with Gasteiger partial charge < -0.3 is 8.98 Å². The van der Waals surface area contributed by atoms with Crippen molar-refractivity contribution in [3.8, 4) is 22.6 Å². The SMILES string of the molecule is CCCCCCn1c2ccccc2c2cc(-c3oc(-c4cccc5ccccc45)c4ccccc34)ccc21. The van der Waals surface area contributed by atoms with Crippen LogP contribution in [0, 0.1) is 0 Å². The lowest BCUT2D eigenvalue weighted by Crippen LogP contribution is -1.97. The lowest BCUT2D eigenvalue weighted by molar-refractivity contribution is 0.601. The number of fused-ring (bicyclic) bond motifs is 5. The largest absolute Gasteiger partial charge is 0.455 e. The van der Waals surface area contributed by atoms with E-state index < -0.39 is 0 Å². The molecule has 5 aromatic carbocycles. The molecule has 0 N–H and O–H groups in total. The fraction of sp³-hybridized carbons (Fsp3) is 0.167. The number of unbranched alkanes of at least 4 members (excludes halogenated alkanes) is 3. The molecule has 0 radical (unpaired) electrons. The lowest BCUT2D eigenvalue weighted by Gasteiger charge is -2.08. The predicted octanol–water partition coefficient (Wildman–Crippen LogP) is 10.6. The van der Waals surface area contributed by atoms with E-state index in [2.05, 4.69) is 121 Å². The summed E-state index contributed by atoms with van der Waals surface area (Å²) in [5, 5.41) is 7.34. The number of aromatic nitrogens is 1. The summed E-state index contributed by atoms with van der Waals surface area (Å²) in [7, 11) is 0. The van der Waals surface area contributed by atoms with Gasteiger partial charge in [-0.3, -0.25) is 0 Å². The first-order valence-corrected chi connectivity index (χ1v) is 13.8. The van der Waals surface area contributed by atoms with E-state index in [0.29, 0.717) is 0 Å². The van der Waals surface area contributed by atoms with Gasteiger partial charge >= 0.3 is 0 Å². The van der Waals surface area contributed by atoms with E-state index in [4.69, 9.17) is 4.42 Å². The quantitative estimate of drug-likeness (QED) is 0.202. The predicted molar refractivity (Wildman–Crippen MR) is 162 cm³/mol. The van der Waals surface area contributed by atoms with Gasteiger partial charge in [0.1, 0.15) is 11.5 Å². The van der Waals surface area contributed by atoms with Crippen molar-refractivity contribution < 1.29 is 4.42 Å². The maximum Gasteiger partial charge on any atom is 0.143 e. The molecule has 2 nitrogen and oxygen atoms in total. The van der Waals surface area contributed by atoms with Crippen molar-refractivity contribution in [3.63, 3.8) is 0 Å². The second-order valence-electron chi connectivity index (χ2n) is 10.3. The molecule has 0 saturated heterocycles. The Hall–Kier alpha value is -4.30. The highest BCUT2D eigenvalue weighted by Gasteiger charge is 2.19. The zero-order chi connectivity index (χ0) is 25.5. The van der Waals surface area contributed by atoms with E-state index in [1.54, 1.807) is 0 Å². The van der Waals surface area contributed by atoms with E-state index in [1.165, 1.54) is 58.3 Å². The Morgan fingerprint density at radius 2 is 1.24 bits per heavy atom. The van der Waals surface area contributed by atoms with Crippen LogP contribution in [-0.2, 0) is 6.54 Å². The Bertz CT molecular complexity index is 1910. The molecule has 2 aromatic heterocycles. The molecule has 0 spiro atoms. The Morgan fingerprint density at radius 3 is 2.08 bits per heavy atom. The molecule has 0 aliphatic carbocycles. The molecular weight excluding hydrogens is 462 g/mol. The van der Waals surface area contributed by atoms with Gasteiger partial charge in [-0.05, 0) is 41.5 Å². The van der Waals surface area contributed by atoms with Crippen molar-refractivity contribution in [2.75, 3.05) is 0 Å². The smallest absolute Gasteiger partial charge is 0.143 e. The highest BCUT2D eigenvalue weighted by molar-refractivity contribution is 6.11. The van der Waals surface area contributed by atoms with Crippen molar-refractivity contribution in [2.24, 2.45) is 0 Å². The van der Waals surface area contributed by atoms with Crippen molar-refractivity contribution in [1.29, 1.82) is 0 Å². The summed E-state index contributed by atoms with van der Waals surface area (Å²) < 4.78 is 9.30. The van der Waals surface area contributed by atoms with Crippen LogP contribution in [0.4, 0.5) is 0 Å². The highest BCUT2D eigenvalue weighted by Crippen LogP contribution is 2.42. The standard InChI is InChI=1S/C36H31NO/c1-2-3-4-11-23-37-33-20-10-9-16-28(33)32-24-26(21-22-34(32)37)35-30-17-7-8-18-31(30)36(38-35)29-19-12-14-25-13-5-6-15-27(25)29/h5-10,12-22,24H,2-4,11,23H2,1H3. The van der Waals surface area contributed by atoms with E-state index in [0.717, 1.165) is 40.0 Å². The zero-order valence-corrected chi connectivity index (χ0v) is 21.8. The molecule has 0 atom stereocenters. The summed E-state index contributed by atoms with van der Waals surface area (Å²) in [5.74, 6) is 1.87. The minimum atomic E-state index is 0.935. The molecule has 2 heterocycles. The molecule has 0 amide bonds. The molecule has 0 bridgehead atoms. The molecule has 0 aliphatic heterocycles. The third-order valence-electron chi connectivity index (χ3n) is 7.92. The number of hydrogen-bond donors (Lipinski definition) is 0. The van der Waals surface area contributed by atoms with E-state index >= 15 is 0 Å². The van der Waals surface area contributed by atoms with Gasteiger partial charge in [-0.2, -0.15) is 0 Å². The first-order chi connectivity index (χ1) is 18.8. The van der Waals surface area contributed by atoms with Gasteiger partial charge in [-0.25, -0.2) is 0 Å². The molecule has 0 fully saturated rings. The second-order valence-corrected chi connectivity index (χ2v) is 10.3.